The zero-order chi connectivity index (χ0) is 17.5. The lowest BCUT2D eigenvalue weighted by Gasteiger charge is -2.08. The van der Waals surface area contributed by atoms with Crippen LogP contribution in [-0.2, 0) is 9.59 Å². The molecular weight excluding hydrogens is 320 g/mol. The molecule has 0 radical (unpaired) electrons. The number of carbonyl (C=O) groups is 2. The maximum Gasteiger partial charge on any atom is 0.234 e. The first-order chi connectivity index (χ1) is 11.4. The van der Waals surface area contributed by atoms with Crippen LogP contribution < -0.4 is 10.6 Å². The summed E-state index contributed by atoms with van der Waals surface area (Å²) in [5.74, 6) is 0.278. The van der Waals surface area contributed by atoms with Crippen LogP contribution >= 0.6 is 11.8 Å². The molecular formula is C19H22N2O2S. The monoisotopic (exact) mass is 342 g/mol. The van der Waals surface area contributed by atoms with Gasteiger partial charge in [0, 0.05) is 11.4 Å². The molecule has 2 N–H and O–H groups in total. The molecule has 0 fully saturated rings. The van der Waals surface area contributed by atoms with E-state index in [0.29, 0.717) is 0 Å². The molecule has 4 nitrogen and oxygen atoms in total. The molecule has 24 heavy (non-hydrogen) atoms. The van der Waals surface area contributed by atoms with Crippen molar-refractivity contribution in [1.82, 2.24) is 0 Å². The first kappa shape index (κ1) is 18.1. The first-order valence-electron chi connectivity index (χ1n) is 7.75. The van der Waals surface area contributed by atoms with Crippen LogP contribution in [0.4, 0.5) is 11.4 Å². The van der Waals surface area contributed by atoms with Gasteiger partial charge in [-0.25, -0.2) is 0 Å². The minimum Gasteiger partial charge on any atom is -0.325 e. The predicted molar refractivity (Wildman–Crippen MR) is 102 cm³/mol. The van der Waals surface area contributed by atoms with Gasteiger partial charge < -0.3 is 10.6 Å². The molecule has 2 aromatic carbocycles. The average molecular weight is 342 g/mol. The number of amides is 2. The summed E-state index contributed by atoms with van der Waals surface area (Å²) in [4.78, 5) is 23.8. The van der Waals surface area contributed by atoms with Gasteiger partial charge in [-0.15, -0.1) is 11.8 Å². The van der Waals surface area contributed by atoms with Crippen molar-refractivity contribution in [2.75, 3.05) is 22.1 Å². The highest BCUT2D eigenvalue weighted by Gasteiger charge is 2.07. The Labute approximate surface area is 147 Å². The van der Waals surface area contributed by atoms with Gasteiger partial charge in [0.1, 0.15) is 0 Å². The molecule has 0 aromatic heterocycles. The Balaban J connectivity index is 1.75. The van der Waals surface area contributed by atoms with Gasteiger partial charge in [-0.2, -0.15) is 0 Å². The van der Waals surface area contributed by atoms with Crippen molar-refractivity contribution in [3.8, 4) is 0 Å². The minimum atomic E-state index is -0.107. The van der Waals surface area contributed by atoms with E-state index in [1.807, 2.05) is 57.2 Å². The van der Waals surface area contributed by atoms with Crippen LogP contribution in [0.3, 0.4) is 0 Å². The van der Waals surface area contributed by atoms with E-state index in [-0.39, 0.29) is 23.3 Å². The Kier molecular flexibility index (Phi) is 6.44. The van der Waals surface area contributed by atoms with Crippen LogP contribution in [0.2, 0.25) is 0 Å². The van der Waals surface area contributed by atoms with E-state index in [1.54, 1.807) is 0 Å². The highest BCUT2D eigenvalue weighted by molar-refractivity contribution is 8.00. The molecule has 5 heteroatoms. The molecule has 0 saturated heterocycles. The van der Waals surface area contributed by atoms with Gasteiger partial charge in [-0.3, -0.25) is 9.59 Å². The van der Waals surface area contributed by atoms with Crippen molar-refractivity contribution in [2.24, 2.45) is 0 Å². The summed E-state index contributed by atoms with van der Waals surface area (Å²) in [6.45, 7) is 5.96. The van der Waals surface area contributed by atoms with Crippen LogP contribution in [0.25, 0.3) is 0 Å². The molecule has 2 amide bonds. The maximum atomic E-state index is 12.0. The van der Waals surface area contributed by atoms with Crippen molar-refractivity contribution >= 4 is 35.0 Å². The number of aryl methyl sites for hydroxylation is 3. The number of nitrogens with one attached hydrogen (secondary N) is 2. The fourth-order valence-corrected chi connectivity index (χ4v) is 3.02. The van der Waals surface area contributed by atoms with Crippen molar-refractivity contribution in [3.63, 3.8) is 0 Å². The minimum absolute atomic E-state index is 0.103. The SMILES string of the molecule is Cc1cccc(NC(=O)CSCC(=O)Nc2cc(C)cc(C)c2)c1. The molecule has 2 aromatic rings. The van der Waals surface area contributed by atoms with Crippen molar-refractivity contribution in [3.05, 3.63) is 59.2 Å². The second-order valence-electron chi connectivity index (χ2n) is 5.84. The fourth-order valence-electron chi connectivity index (χ4n) is 2.40. The molecule has 0 heterocycles. The van der Waals surface area contributed by atoms with E-state index in [2.05, 4.69) is 16.7 Å². The quantitative estimate of drug-likeness (QED) is 0.836. The third kappa shape index (κ3) is 6.08. The topological polar surface area (TPSA) is 58.2 Å². The average Bonchev–Trinajstić information content (AvgIpc) is 2.45. The van der Waals surface area contributed by atoms with E-state index >= 15 is 0 Å². The summed E-state index contributed by atoms with van der Waals surface area (Å²) >= 11 is 1.30. The lowest BCUT2D eigenvalue weighted by Crippen LogP contribution is -2.18. The Hall–Kier alpha value is -2.27. The van der Waals surface area contributed by atoms with E-state index in [0.717, 1.165) is 28.1 Å². The standard InChI is InChI=1S/C19H22N2O2S/c1-13-5-4-6-16(8-13)20-18(22)11-24-12-19(23)21-17-9-14(2)7-15(3)10-17/h4-10H,11-12H2,1-3H3,(H,20,22)(H,21,23). The van der Waals surface area contributed by atoms with Gasteiger partial charge >= 0.3 is 0 Å². The van der Waals surface area contributed by atoms with E-state index in [1.165, 1.54) is 11.8 Å². The van der Waals surface area contributed by atoms with Crippen LogP contribution in [0, 0.1) is 20.8 Å². The van der Waals surface area contributed by atoms with Gasteiger partial charge in [0.25, 0.3) is 0 Å². The number of thioether (sulfide) groups is 1. The molecule has 0 unspecified atom stereocenters. The third-order valence-corrected chi connectivity index (χ3v) is 4.21. The van der Waals surface area contributed by atoms with E-state index in [9.17, 15) is 9.59 Å². The lowest BCUT2D eigenvalue weighted by molar-refractivity contribution is -0.114. The number of hydrogen-bond acceptors (Lipinski definition) is 3. The number of anilines is 2. The Bertz CT molecular complexity index is 724. The summed E-state index contributed by atoms with van der Waals surface area (Å²) in [5, 5.41) is 5.69. The maximum absolute atomic E-state index is 12.0. The highest BCUT2D eigenvalue weighted by atomic mass is 32.2. The van der Waals surface area contributed by atoms with Crippen molar-refractivity contribution in [2.45, 2.75) is 20.8 Å². The number of benzene rings is 2. The van der Waals surface area contributed by atoms with Crippen LogP contribution in [-0.4, -0.2) is 23.3 Å². The zero-order valence-corrected chi connectivity index (χ0v) is 15.0. The molecule has 0 bridgehead atoms. The number of rotatable bonds is 6. The summed E-state index contributed by atoms with van der Waals surface area (Å²) in [7, 11) is 0. The van der Waals surface area contributed by atoms with Crippen LogP contribution in [0.5, 0.6) is 0 Å². The third-order valence-electron chi connectivity index (χ3n) is 3.27. The number of hydrogen-bond donors (Lipinski definition) is 2. The molecule has 0 atom stereocenters. The molecule has 0 saturated carbocycles. The van der Waals surface area contributed by atoms with Crippen molar-refractivity contribution in [1.29, 1.82) is 0 Å². The number of carbonyl (C=O) groups excluding carboxylic acids is 2. The van der Waals surface area contributed by atoms with Crippen molar-refractivity contribution < 1.29 is 9.59 Å². The van der Waals surface area contributed by atoms with Crippen LogP contribution in [0.15, 0.2) is 42.5 Å². The molecule has 2 rings (SSSR count). The Morgan fingerprint density at radius 2 is 1.33 bits per heavy atom. The smallest absolute Gasteiger partial charge is 0.234 e. The summed E-state index contributed by atoms with van der Waals surface area (Å²) < 4.78 is 0. The lowest BCUT2D eigenvalue weighted by atomic mass is 10.1. The van der Waals surface area contributed by atoms with Gasteiger partial charge in [0.2, 0.25) is 11.8 Å². The largest absolute Gasteiger partial charge is 0.325 e. The van der Waals surface area contributed by atoms with Gasteiger partial charge in [-0.05, 0) is 61.7 Å². The normalized spacial score (nSPS) is 10.3. The second-order valence-corrected chi connectivity index (χ2v) is 6.82. The Morgan fingerprint density at radius 3 is 1.92 bits per heavy atom. The molecule has 0 aliphatic rings. The van der Waals surface area contributed by atoms with Crippen LogP contribution in [0.1, 0.15) is 16.7 Å². The summed E-state index contributed by atoms with van der Waals surface area (Å²) in [6.07, 6.45) is 0. The Morgan fingerprint density at radius 1 is 0.792 bits per heavy atom. The van der Waals surface area contributed by atoms with Gasteiger partial charge in [0.05, 0.1) is 11.5 Å². The zero-order valence-electron chi connectivity index (χ0n) is 14.2. The molecule has 0 spiro atoms. The fraction of sp³-hybridized carbons (Fsp3) is 0.263. The summed E-state index contributed by atoms with van der Waals surface area (Å²) in [5.41, 5.74) is 4.88. The van der Waals surface area contributed by atoms with E-state index < -0.39 is 0 Å². The van der Waals surface area contributed by atoms with Gasteiger partial charge in [-0.1, -0.05) is 18.2 Å². The van der Waals surface area contributed by atoms with E-state index in [4.69, 9.17) is 0 Å². The summed E-state index contributed by atoms with van der Waals surface area (Å²) in [6, 6.07) is 13.6. The molecule has 126 valence electrons. The highest BCUT2D eigenvalue weighted by Crippen LogP contribution is 2.14. The molecule has 0 aliphatic heterocycles. The predicted octanol–water partition coefficient (Wildman–Crippen LogP) is 3.92. The molecule has 0 aliphatic carbocycles. The second kappa shape index (κ2) is 8.55. The van der Waals surface area contributed by atoms with Gasteiger partial charge in [0.15, 0.2) is 0 Å². The first-order valence-corrected chi connectivity index (χ1v) is 8.90.